The van der Waals surface area contributed by atoms with Gasteiger partial charge in [0.25, 0.3) is 0 Å². The van der Waals surface area contributed by atoms with E-state index in [9.17, 15) is 81.4 Å². The van der Waals surface area contributed by atoms with Crippen LogP contribution in [-0.4, -0.2) is 275 Å². The van der Waals surface area contributed by atoms with Crippen molar-refractivity contribution in [3.05, 3.63) is 23.0 Å². The Labute approximate surface area is 492 Å². The van der Waals surface area contributed by atoms with Gasteiger partial charge >= 0.3 is 0 Å². The molecule has 0 bridgehead atoms. The van der Waals surface area contributed by atoms with E-state index in [4.69, 9.17) is 52.1 Å². The SMILES string of the molecule is CCC(=O)C1=CC(C)C2(CCC3(C)C4=C(CCC32C)C2(C)CCC(OC3OC(COC5OCC(O)C(O)C5OC5OC(CO)C(O)C(OC6OC(CO)C(O)C(O)C6O)C5OC5OC(C)C(O)C(O)C5O)C(O)C(O)C3O)C(C)(CO)C2CC4)O1. The third kappa shape index (κ3) is 10.8. The lowest BCUT2D eigenvalue weighted by Gasteiger charge is -2.63. The molecular formula is C58H92O27. The molecular weight excluding hydrogens is 1130 g/mol. The van der Waals surface area contributed by atoms with Crippen LogP contribution in [0.25, 0.3) is 0 Å². The molecule has 0 aromatic carbocycles. The van der Waals surface area contributed by atoms with Crippen LogP contribution in [0.3, 0.4) is 0 Å². The van der Waals surface area contributed by atoms with E-state index in [1.807, 2.05) is 19.9 Å². The molecule has 15 N–H and O–H groups in total. The average Bonchev–Trinajstić information content (AvgIpc) is 1.64. The highest BCUT2D eigenvalue weighted by Gasteiger charge is 2.72. The first-order valence-corrected chi connectivity index (χ1v) is 30.2. The largest absolute Gasteiger partial charge is 0.483 e. The second-order valence-electron chi connectivity index (χ2n) is 26.5. The predicted octanol–water partition coefficient (Wildman–Crippen LogP) is -3.49. The van der Waals surface area contributed by atoms with Gasteiger partial charge in [0.1, 0.15) is 115 Å². The zero-order valence-electron chi connectivity index (χ0n) is 49.2. The molecule has 85 heavy (non-hydrogen) atoms. The van der Waals surface area contributed by atoms with Crippen LogP contribution in [0, 0.1) is 33.5 Å². The summed E-state index contributed by atoms with van der Waals surface area (Å²) < 4.78 is 67.2. The Morgan fingerprint density at radius 3 is 1.80 bits per heavy atom. The van der Waals surface area contributed by atoms with Gasteiger partial charge in [-0.2, -0.15) is 0 Å². The number of rotatable bonds is 16. The summed E-state index contributed by atoms with van der Waals surface area (Å²) in [6, 6.07) is 0. The van der Waals surface area contributed by atoms with Crippen molar-refractivity contribution in [2.75, 3.05) is 33.0 Å². The Balaban J connectivity index is 0.858. The Morgan fingerprint density at radius 1 is 0.576 bits per heavy atom. The van der Waals surface area contributed by atoms with Crippen molar-refractivity contribution < 1.29 is 133 Å². The molecule has 27 heteroatoms. The maximum Gasteiger partial charge on any atom is 0.196 e. The molecule has 27 nitrogen and oxygen atoms in total. The Hall–Kier alpha value is -2.05. The Morgan fingerprint density at radius 2 is 1.15 bits per heavy atom. The number of hydrogen-bond donors (Lipinski definition) is 15. The summed E-state index contributed by atoms with van der Waals surface area (Å²) in [7, 11) is 0. The summed E-state index contributed by atoms with van der Waals surface area (Å²) in [6.07, 6.45) is -35.5. The number of Topliss-reactive ketones (excluding diaryl/α,β-unsaturated/α-hetero) is 1. The third-order valence-electron chi connectivity index (χ3n) is 22.2. The summed E-state index contributed by atoms with van der Waals surface area (Å²) >= 11 is 0. The standard InChI is InChI=1S/C58H92O27/c1-8-27(62)29-17-23(2)58(85-29)16-15-56(6)26-9-10-33-54(4,25(26)11-14-57(56,58)7)13-12-34(55(33,5)22-61)81-50-44(73)42(71)38(67)32(80-50)21-76-52-47(36(65)28(63)20-75-52)83-53-48(84-49-43(72)40(69)35(64)24(3)77-49)46(39(68)31(19-60)79-53)82-51-45(74)41(70)37(66)30(18-59)78-51/h17,23-24,28,30-53,59-61,63-74H,8-16,18-22H2,1-7H3. The quantitative estimate of drug-likeness (QED) is 0.0667. The van der Waals surface area contributed by atoms with Crippen LogP contribution in [0.15, 0.2) is 23.0 Å². The van der Waals surface area contributed by atoms with Crippen molar-refractivity contribution in [3.8, 4) is 0 Å². The molecule has 6 aliphatic heterocycles. The lowest BCUT2D eigenvalue weighted by molar-refractivity contribution is -0.406. The van der Waals surface area contributed by atoms with Crippen molar-refractivity contribution in [1.82, 2.24) is 0 Å². The van der Waals surface area contributed by atoms with E-state index in [0.29, 0.717) is 25.0 Å². The molecule has 32 unspecified atom stereocenters. The van der Waals surface area contributed by atoms with Crippen LogP contribution in [0.1, 0.15) is 106 Å². The van der Waals surface area contributed by atoms with Gasteiger partial charge in [0.15, 0.2) is 43.0 Å². The zero-order valence-corrected chi connectivity index (χ0v) is 49.2. The molecule has 0 aromatic heterocycles. The van der Waals surface area contributed by atoms with E-state index < -0.39 is 191 Å². The smallest absolute Gasteiger partial charge is 0.196 e. The number of hydrogen-bond acceptors (Lipinski definition) is 27. The minimum absolute atomic E-state index is 0.0124. The molecule has 1 spiro atoms. The van der Waals surface area contributed by atoms with Crippen molar-refractivity contribution >= 4 is 5.78 Å². The zero-order chi connectivity index (χ0) is 61.8. The number of aliphatic hydroxyl groups is 15. The lowest BCUT2D eigenvalue weighted by Crippen LogP contribution is -2.68. The topological polar surface area (TPSA) is 422 Å². The fraction of sp³-hybridized carbons (Fsp3) is 0.914. The van der Waals surface area contributed by atoms with Crippen molar-refractivity contribution in [3.63, 3.8) is 0 Å². The Kier molecular flexibility index (Phi) is 19.3. The summed E-state index contributed by atoms with van der Waals surface area (Å²) in [4.78, 5) is 13.0. The number of carbonyl (C=O) groups is 1. The molecule has 6 heterocycles. The first-order chi connectivity index (χ1) is 40.1. The molecule has 2 saturated carbocycles. The summed E-state index contributed by atoms with van der Waals surface area (Å²) in [5.41, 5.74) is 0.631. The summed E-state index contributed by atoms with van der Waals surface area (Å²) in [5.74, 6) is 0.456. The van der Waals surface area contributed by atoms with Gasteiger partial charge in [0.2, 0.25) is 0 Å². The maximum atomic E-state index is 13.0. The molecule has 10 rings (SSSR count). The van der Waals surface area contributed by atoms with Gasteiger partial charge in [-0.05, 0) is 81.1 Å². The van der Waals surface area contributed by atoms with Gasteiger partial charge in [-0.15, -0.1) is 0 Å². The van der Waals surface area contributed by atoms with Gasteiger partial charge in [0.05, 0.1) is 45.2 Å². The van der Waals surface area contributed by atoms with Crippen LogP contribution in [0.4, 0.5) is 0 Å². The molecule has 0 amide bonds. The molecule has 7 fully saturated rings. The van der Waals surface area contributed by atoms with Crippen molar-refractivity contribution in [1.29, 1.82) is 0 Å². The van der Waals surface area contributed by atoms with Gasteiger partial charge < -0.3 is 129 Å². The number of aliphatic hydroxyl groups excluding tert-OH is 15. The highest BCUT2D eigenvalue weighted by molar-refractivity contribution is 5.93. The van der Waals surface area contributed by atoms with Crippen LogP contribution in [0.2, 0.25) is 0 Å². The number of ether oxygens (including phenoxy) is 11. The lowest BCUT2D eigenvalue weighted by atomic mass is 9.42. The number of fused-ring (bicyclic) bond motifs is 5. The van der Waals surface area contributed by atoms with Crippen molar-refractivity contribution in [2.45, 2.75) is 265 Å². The number of carbonyl (C=O) groups excluding carboxylic acids is 1. The number of allylic oxidation sites excluding steroid dienone is 3. The Bertz CT molecular complexity index is 2420. The van der Waals surface area contributed by atoms with Gasteiger partial charge in [-0.25, -0.2) is 0 Å². The monoisotopic (exact) mass is 1220 g/mol. The summed E-state index contributed by atoms with van der Waals surface area (Å²) in [6.45, 7) is 11.0. The number of ketones is 1. The maximum absolute atomic E-state index is 13.0. The normalized spacial score (nSPS) is 53.6. The molecule has 10 aliphatic rings. The van der Waals surface area contributed by atoms with E-state index in [1.165, 1.54) is 18.1 Å². The van der Waals surface area contributed by atoms with E-state index >= 15 is 0 Å². The second-order valence-corrected chi connectivity index (χ2v) is 26.5. The first-order valence-electron chi connectivity index (χ1n) is 30.2. The predicted molar refractivity (Wildman–Crippen MR) is 285 cm³/mol. The minimum atomic E-state index is -2.05. The highest BCUT2D eigenvalue weighted by atomic mass is 16.8. The van der Waals surface area contributed by atoms with Crippen molar-refractivity contribution in [2.24, 2.45) is 33.5 Å². The molecule has 0 aromatic rings. The fourth-order valence-corrected chi connectivity index (χ4v) is 16.7. The molecule has 0 radical (unpaired) electrons. The average molecular weight is 1220 g/mol. The molecule has 5 saturated heterocycles. The van der Waals surface area contributed by atoms with Crippen LogP contribution in [-0.2, 0) is 56.9 Å². The van der Waals surface area contributed by atoms with Crippen LogP contribution < -0.4 is 0 Å². The minimum Gasteiger partial charge on any atom is -0.483 e. The first kappa shape index (κ1) is 65.9. The van der Waals surface area contributed by atoms with Crippen LogP contribution in [0.5, 0.6) is 0 Å². The van der Waals surface area contributed by atoms with E-state index in [0.717, 1.165) is 38.5 Å². The molecule has 486 valence electrons. The third-order valence-corrected chi connectivity index (χ3v) is 22.2. The van der Waals surface area contributed by atoms with E-state index in [2.05, 4.69) is 27.7 Å². The van der Waals surface area contributed by atoms with Gasteiger partial charge in [-0.1, -0.05) is 52.7 Å². The van der Waals surface area contributed by atoms with Crippen LogP contribution >= 0.6 is 0 Å². The van der Waals surface area contributed by atoms with Gasteiger partial charge in [0, 0.05) is 23.2 Å². The molecule has 4 aliphatic carbocycles. The van der Waals surface area contributed by atoms with Gasteiger partial charge in [-0.3, -0.25) is 4.79 Å². The summed E-state index contributed by atoms with van der Waals surface area (Å²) in [5, 5.41) is 165. The highest BCUT2D eigenvalue weighted by Crippen LogP contribution is 2.75. The van der Waals surface area contributed by atoms with E-state index in [-0.39, 0.29) is 40.5 Å². The fourth-order valence-electron chi connectivity index (χ4n) is 16.7. The molecule has 32 atom stereocenters. The van der Waals surface area contributed by atoms with E-state index in [1.54, 1.807) is 0 Å². The second kappa shape index (κ2) is 24.9.